The van der Waals surface area contributed by atoms with Gasteiger partial charge in [0, 0.05) is 68.1 Å². The molecule has 164 valence electrons. The maximum absolute atomic E-state index is 14.7. The zero-order valence-electron chi connectivity index (χ0n) is 18.3. The molecular weight excluding hydrogens is 396 g/mol. The van der Waals surface area contributed by atoms with Crippen molar-refractivity contribution >= 4 is 16.8 Å². The molecule has 0 saturated heterocycles. The minimum atomic E-state index is -0.612. The number of carbonyl (C=O) groups is 1. The van der Waals surface area contributed by atoms with Gasteiger partial charge in [-0.25, -0.2) is 8.78 Å². The topological polar surface area (TPSA) is 37.3 Å². The van der Waals surface area contributed by atoms with Crippen molar-refractivity contribution in [3.63, 3.8) is 0 Å². The standard InChI is InChI=1S/C25H29F2N3O/c1-16-4-7-23-21(12-16)20-8-10-29(3)11-9-24(20)30(23)15-17(13-25(31)28-2)19-6-5-18(26)14-22(19)27/h4-7,12,14,17H,8-11,13,15H2,1-3H3,(H,28,31). The normalized spacial score (nSPS) is 15.5. The number of hydrogen-bond donors (Lipinski definition) is 1. The van der Waals surface area contributed by atoms with Crippen molar-refractivity contribution in [3.05, 3.63) is 70.4 Å². The zero-order valence-corrected chi connectivity index (χ0v) is 18.3. The van der Waals surface area contributed by atoms with Crippen LogP contribution in [0.5, 0.6) is 0 Å². The van der Waals surface area contributed by atoms with E-state index in [1.54, 1.807) is 7.05 Å². The van der Waals surface area contributed by atoms with Gasteiger partial charge < -0.3 is 14.8 Å². The molecule has 1 amide bonds. The molecule has 1 unspecified atom stereocenters. The van der Waals surface area contributed by atoms with Gasteiger partial charge in [-0.15, -0.1) is 0 Å². The largest absolute Gasteiger partial charge is 0.359 e. The summed E-state index contributed by atoms with van der Waals surface area (Å²) in [5.41, 5.74) is 5.30. The molecule has 1 aliphatic rings. The van der Waals surface area contributed by atoms with E-state index in [0.717, 1.165) is 37.5 Å². The van der Waals surface area contributed by atoms with Crippen LogP contribution in [0.4, 0.5) is 8.78 Å². The van der Waals surface area contributed by atoms with Gasteiger partial charge in [0.25, 0.3) is 0 Å². The van der Waals surface area contributed by atoms with E-state index in [1.807, 2.05) is 0 Å². The third kappa shape index (κ3) is 4.35. The number of halogens is 2. The van der Waals surface area contributed by atoms with Crippen LogP contribution in [0.25, 0.3) is 10.9 Å². The molecule has 0 spiro atoms. The van der Waals surface area contributed by atoms with Crippen LogP contribution < -0.4 is 5.32 Å². The lowest BCUT2D eigenvalue weighted by Crippen LogP contribution is -2.24. The second-order valence-electron chi connectivity index (χ2n) is 8.60. The second-order valence-corrected chi connectivity index (χ2v) is 8.60. The highest BCUT2D eigenvalue weighted by molar-refractivity contribution is 5.86. The molecule has 2 aromatic carbocycles. The van der Waals surface area contributed by atoms with E-state index in [-0.39, 0.29) is 12.3 Å². The summed E-state index contributed by atoms with van der Waals surface area (Å²) in [7, 11) is 3.71. The molecule has 0 radical (unpaired) electrons. The average molecular weight is 426 g/mol. The van der Waals surface area contributed by atoms with Gasteiger partial charge in [0.2, 0.25) is 5.91 Å². The lowest BCUT2D eigenvalue weighted by molar-refractivity contribution is -0.121. The Kier molecular flexibility index (Phi) is 6.10. The molecule has 1 atom stereocenters. The second kappa shape index (κ2) is 8.79. The number of rotatable bonds is 5. The van der Waals surface area contributed by atoms with Gasteiger partial charge in [-0.1, -0.05) is 17.7 Å². The average Bonchev–Trinajstić information content (AvgIpc) is 2.87. The van der Waals surface area contributed by atoms with Gasteiger partial charge in [-0.05, 0) is 49.7 Å². The molecule has 0 fully saturated rings. The fraction of sp³-hybridized carbons (Fsp3) is 0.400. The minimum Gasteiger partial charge on any atom is -0.359 e. The van der Waals surface area contributed by atoms with Gasteiger partial charge in [0.1, 0.15) is 11.6 Å². The molecule has 1 aliphatic heterocycles. The Hall–Kier alpha value is -2.73. The number of nitrogens with one attached hydrogen (secondary N) is 1. The number of nitrogens with zero attached hydrogens (tertiary/aromatic N) is 2. The van der Waals surface area contributed by atoms with Crippen LogP contribution in [0.15, 0.2) is 36.4 Å². The summed E-state index contributed by atoms with van der Waals surface area (Å²) >= 11 is 0. The molecule has 0 saturated carbocycles. The predicted octanol–water partition coefficient (Wildman–Crippen LogP) is 4.18. The zero-order chi connectivity index (χ0) is 22.1. The fourth-order valence-electron chi connectivity index (χ4n) is 4.73. The predicted molar refractivity (Wildman–Crippen MR) is 119 cm³/mol. The molecule has 3 aromatic rings. The number of fused-ring (bicyclic) bond motifs is 3. The van der Waals surface area contributed by atoms with E-state index in [1.165, 1.54) is 34.3 Å². The van der Waals surface area contributed by atoms with E-state index in [0.29, 0.717) is 12.1 Å². The maximum Gasteiger partial charge on any atom is 0.220 e. The lowest BCUT2D eigenvalue weighted by atomic mass is 9.94. The summed E-state index contributed by atoms with van der Waals surface area (Å²) in [4.78, 5) is 14.6. The van der Waals surface area contributed by atoms with Crippen LogP contribution in [0.3, 0.4) is 0 Å². The van der Waals surface area contributed by atoms with Crippen molar-refractivity contribution in [2.75, 3.05) is 27.2 Å². The number of carbonyl (C=O) groups excluding carboxylic acids is 1. The van der Waals surface area contributed by atoms with Gasteiger partial charge in [-0.2, -0.15) is 0 Å². The summed E-state index contributed by atoms with van der Waals surface area (Å²) in [5.74, 6) is -1.78. The summed E-state index contributed by atoms with van der Waals surface area (Å²) in [6.07, 6.45) is 2.00. The Labute approximate surface area is 181 Å². The van der Waals surface area contributed by atoms with Gasteiger partial charge in [0.15, 0.2) is 0 Å². The Balaban J connectivity index is 1.83. The molecule has 1 N–H and O–H groups in total. The first kappa shape index (κ1) is 21.5. The summed E-state index contributed by atoms with van der Waals surface area (Å²) < 4.78 is 30.5. The first-order chi connectivity index (χ1) is 14.9. The smallest absolute Gasteiger partial charge is 0.220 e. The Bertz CT molecular complexity index is 1120. The number of benzene rings is 2. The molecule has 6 heteroatoms. The van der Waals surface area contributed by atoms with Crippen molar-refractivity contribution in [1.82, 2.24) is 14.8 Å². The number of amides is 1. The van der Waals surface area contributed by atoms with Crippen LogP contribution in [0.2, 0.25) is 0 Å². The van der Waals surface area contributed by atoms with Crippen LogP contribution in [-0.4, -0.2) is 42.6 Å². The first-order valence-corrected chi connectivity index (χ1v) is 10.8. The van der Waals surface area contributed by atoms with E-state index in [2.05, 4.69) is 47.0 Å². The van der Waals surface area contributed by atoms with Gasteiger partial charge >= 0.3 is 0 Å². The Morgan fingerprint density at radius 1 is 1.13 bits per heavy atom. The SMILES string of the molecule is CNC(=O)CC(Cn1c2c(c3cc(C)ccc31)CCN(C)CC2)c1ccc(F)cc1F. The summed E-state index contributed by atoms with van der Waals surface area (Å²) in [6, 6.07) is 10.1. The molecule has 0 aliphatic carbocycles. The highest BCUT2D eigenvalue weighted by atomic mass is 19.1. The molecule has 4 nitrogen and oxygen atoms in total. The maximum atomic E-state index is 14.7. The Morgan fingerprint density at radius 2 is 1.90 bits per heavy atom. The molecule has 1 aromatic heterocycles. The van der Waals surface area contributed by atoms with Crippen molar-refractivity contribution in [1.29, 1.82) is 0 Å². The molecular formula is C25H29F2N3O. The highest BCUT2D eigenvalue weighted by Crippen LogP contribution is 2.34. The van der Waals surface area contributed by atoms with Crippen LogP contribution >= 0.6 is 0 Å². The van der Waals surface area contributed by atoms with E-state index >= 15 is 0 Å². The van der Waals surface area contributed by atoms with E-state index in [4.69, 9.17) is 0 Å². The Morgan fingerprint density at radius 3 is 2.65 bits per heavy atom. The molecule has 0 bridgehead atoms. The van der Waals surface area contributed by atoms with Crippen molar-refractivity contribution in [3.8, 4) is 0 Å². The number of aryl methyl sites for hydroxylation is 1. The number of likely N-dealkylation sites (N-methyl/N-ethyl adjacent to an activating group) is 1. The molecule has 2 heterocycles. The van der Waals surface area contributed by atoms with E-state index in [9.17, 15) is 13.6 Å². The number of hydrogen-bond acceptors (Lipinski definition) is 2. The van der Waals surface area contributed by atoms with Crippen molar-refractivity contribution in [2.45, 2.75) is 38.6 Å². The summed E-state index contributed by atoms with van der Waals surface area (Å²) in [5, 5.41) is 3.89. The first-order valence-electron chi connectivity index (χ1n) is 10.8. The van der Waals surface area contributed by atoms with Gasteiger partial charge in [0.05, 0.1) is 0 Å². The lowest BCUT2D eigenvalue weighted by Gasteiger charge is -2.21. The summed E-state index contributed by atoms with van der Waals surface area (Å²) in [6.45, 7) is 4.50. The van der Waals surface area contributed by atoms with E-state index < -0.39 is 17.6 Å². The minimum absolute atomic E-state index is 0.138. The van der Waals surface area contributed by atoms with Crippen molar-refractivity contribution < 1.29 is 13.6 Å². The van der Waals surface area contributed by atoms with Gasteiger partial charge in [-0.3, -0.25) is 4.79 Å². The van der Waals surface area contributed by atoms with Crippen LogP contribution in [0, 0.1) is 18.6 Å². The van der Waals surface area contributed by atoms with Crippen molar-refractivity contribution in [2.24, 2.45) is 0 Å². The number of aromatic nitrogens is 1. The quantitative estimate of drug-likeness (QED) is 0.666. The molecule has 31 heavy (non-hydrogen) atoms. The highest BCUT2D eigenvalue weighted by Gasteiger charge is 2.25. The molecule has 4 rings (SSSR count). The third-order valence-corrected chi connectivity index (χ3v) is 6.43. The monoisotopic (exact) mass is 425 g/mol. The fourth-order valence-corrected chi connectivity index (χ4v) is 4.73. The third-order valence-electron chi connectivity index (χ3n) is 6.43. The van der Waals surface area contributed by atoms with Crippen LogP contribution in [0.1, 0.15) is 34.7 Å². The van der Waals surface area contributed by atoms with Crippen LogP contribution in [-0.2, 0) is 24.2 Å².